The molecular weight excluding hydrogens is 961 g/mol. The number of carbonyl (C=O) groups is 3. The van der Waals surface area contributed by atoms with Crippen LogP contribution in [0, 0.1) is 0 Å². The molecule has 0 bridgehead atoms. The van der Waals surface area contributed by atoms with Crippen molar-refractivity contribution in [3.63, 3.8) is 0 Å². The highest BCUT2D eigenvalue weighted by Gasteiger charge is 2.19. The first-order chi connectivity index (χ1) is 38.5. The molecule has 0 N–H and O–H groups in total. The van der Waals surface area contributed by atoms with E-state index in [-0.39, 0.29) is 31.1 Å². The maximum atomic E-state index is 12.9. The summed E-state index contributed by atoms with van der Waals surface area (Å²) in [5, 5.41) is 0. The lowest BCUT2D eigenvalue weighted by molar-refractivity contribution is -0.167. The van der Waals surface area contributed by atoms with Gasteiger partial charge in [-0.15, -0.1) is 0 Å². The molecular formula is C72H124O6. The van der Waals surface area contributed by atoms with E-state index in [9.17, 15) is 14.4 Å². The van der Waals surface area contributed by atoms with Crippen LogP contribution in [0.1, 0.15) is 323 Å². The van der Waals surface area contributed by atoms with Crippen LogP contribution in [-0.4, -0.2) is 37.2 Å². The van der Waals surface area contributed by atoms with Crippen molar-refractivity contribution in [2.45, 2.75) is 329 Å². The summed E-state index contributed by atoms with van der Waals surface area (Å²) < 4.78 is 17.0. The molecule has 1 atom stereocenters. The predicted octanol–water partition coefficient (Wildman–Crippen LogP) is 22.8. The molecule has 0 aliphatic rings. The molecule has 0 saturated heterocycles. The fourth-order valence-corrected chi connectivity index (χ4v) is 9.43. The lowest BCUT2D eigenvalue weighted by Crippen LogP contribution is -2.30. The molecule has 0 aliphatic carbocycles. The van der Waals surface area contributed by atoms with Crippen LogP contribution in [0.5, 0.6) is 0 Å². The van der Waals surface area contributed by atoms with E-state index >= 15 is 0 Å². The normalized spacial score (nSPS) is 12.7. The predicted molar refractivity (Wildman–Crippen MR) is 339 cm³/mol. The average Bonchev–Trinajstić information content (AvgIpc) is 3.44. The Bertz CT molecular complexity index is 1530. The number of ether oxygens (including phenoxy) is 3. The molecule has 448 valence electrons. The lowest BCUT2D eigenvalue weighted by atomic mass is 10.0. The van der Waals surface area contributed by atoms with E-state index in [1.807, 2.05) is 0 Å². The molecule has 0 amide bonds. The number of rotatable bonds is 60. The Morgan fingerprint density at radius 2 is 0.500 bits per heavy atom. The van der Waals surface area contributed by atoms with Gasteiger partial charge in [0, 0.05) is 19.3 Å². The molecule has 78 heavy (non-hydrogen) atoms. The number of unbranched alkanes of at least 4 members (excludes halogenated alkanes) is 33. The molecule has 0 fully saturated rings. The third-order valence-corrected chi connectivity index (χ3v) is 14.3. The van der Waals surface area contributed by atoms with Gasteiger partial charge in [0.05, 0.1) is 0 Å². The molecule has 0 spiro atoms. The van der Waals surface area contributed by atoms with E-state index < -0.39 is 6.10 Å². The maximum Gasteiger partial charge on any atom is 0.306 e. The molecule has 0 aromatic carbocycles. The van der Waals surface area contributed by atoms with Crippen molar-refractivity contribution in [1.82, 2.24) is 0 Å². The summed E-state index contributed by atoms with van der Waals surface area (Å²) in [5.41, 5.74) is 0. The first kappa shape index (κ1) is 74.3. The molecule has 0 saturated carbocycles. The number of esters is 3. The van der Waals surface area contributed by atoms with Gasteiger partial charge in [-0.25, -0.2) is 0 Å². The largest absolute Gasteiger partial charge is 0.462 e. The summed E-state index contributed by atoms with van der Waals surface area (Å²) in [6, 6.07) is 0. The van der Waals surface area contributed by atoms with Crippen molar-refractivity contribution < 1.29 is 28.6 Å². The maximum absolute atomic E-state index is 12.9. The molecule has 6 heteroatoms. The summed E-state index contributed by atoms with van der Waals surface area (Å²) in [5.74, 6) is -0.882. The zero-order valence-electron chi connectivity index (χ0n) is 51.4. The third-order valence-electron chi connectivity index (χ3n) is 14.3. The van der Waals surface area contributed by atoms with Crippen molar-refractivity contribution in [3.8, 4) is 0 Å². The minimum Gasteiger partial charge on any atom is -0.462 e. The van der Waals surface area contributed by atoms with Crippen LogP contribution < -0.4 is 0 Å². The summed E-state index contributed by atoms with van der Waals surface area (Å²) in [4.78, 5) is 38.4. The first-order valence-corrected chi connectivity index (χ1v) is 33.2. The summed E-state index contributed by atoms with van der Waals surface area (Å²) in [7, 11) is 0. The molecule has 6 nitrogen and oxygen atoms in total. The van der Waals surface area contributed by atoms with Crippen molar-refractivity contribution >= 4 is 17.9 Å². The van der Waals surface area contributed by atoms with Crippen LogP contribution in [0.3, 0.4) is 0 Å². The molecule has 0 radical (unpaired) electrons. The van der Waals surface area contributed by atoms with Crippen molar-refractivity contribution in [2.24, 2.45) is 0 Å². The van der Waals surface area contributed by atoms with E-state index in [1.54, 1.807) is 0 Å². The zero-order chi connectivity index (χ0) is 56.4. The average molecular weight is 1090 g/mol. The van der Waals surface area contributed by atoms with E-state index in [2.05, 4.69) is 118 Å². The Kier molecular flexibility index (Phi) is 62.7. The van der Waals surface area contributed by atoms with E-state index in [0.717, 1.165) is 122 Å². The SMILES string of the molecule is CC/C=C\C/C=C\C/C=C\C/C=C\CCCCCCCCCCCCCCC(=O)OCC(COC(=O)CCCCCCCCCCCCCCCCCC)OC(=O)CCCCCCCC/C=C\C/C=C\C/C=C\C/C=C\CC. The minimum atomic E-state index is -0.786. The van der Waals surface area contributed by atoms with Gasteiger partial charge in [0.2, 0.25) is 0 Å². The Morgan fingerprint density at radius 1 is 0.269 bits per heavy atom. The zero-order valence-corrected chi connectivity index (χ0v) is 51.4. The standard InChI is InChI=1S/C72H124O6/c1-4-7-10-13-16-19-22-25-28-31-33-34-35-36-37-38-40-41-44-47-50-53-56-59-62-65-71(74)77-68-69(67-76-70(73)64-61-58-55-52-49-46-43-30-27-24-21-18-15-12-9-6-3)78-72(75)66-63-60-57-54-51-48-45-42-39-32-29-26-23-20-17-14-11-8-5-2/h7-8,10-11,16-17,19-20,25-26,28-29,33-34,39,42,69H,4-6,9,12-15,18,21-24,27,30-32,35-38,40-41,43-68H2,1-3H3/b10-7-,11-8-,19-16-,20-17-,28-25-,29-26-,34-33-,42-39-. The van der Waals surface area contributed by atoms with E-state index in [1.165, 1.54) is 161 Å². The van der Waals surface area contributed by atoms with Gasteiger partial charge in [0.15, 0.2) is 6.10 Å². The van der Waals surface area contributed by atoms with Gasteiger partial charge in [0.1, 0.15) is 13.2 Å². The summed E-state index contributed by atoms with van der Waals surface area (Å²) >= 11 is 0. The highest BCUT2D eigenvalue weighted by molar-refractivity contribution is 5.71. The second kappa shape index (κ2) is 65.8. The van der Waals surface area contributed by atoms with E-state index in [4.69, 9.17) is 14.2 Å². The second-order valence-electron chi connectivity index (χ2n) is 22.0. The molecule has 1 unspecified atom stereocenters. The molecule has 0 aromatic rings. The number of hydrogen-bond acceptors (Lipinski definition) is 6. The second-order valence-corrected chi connectivity index (χ2v) is 22.0. The Balaban J connectivity index is 4.35. The Hall–Kier alpha value is -3.67. The lowest BCUT2D eigenvalue weighted by Gasteiger charge is -2.18. The monoisotopic (exact) mass is 1080 g/mol. The molecule has 0 aliphatic heterocycles. The van der Waals surface area contributed by atoms with Crippen LogP contribution in [0.2, 0.25) is 0 Å². The van der Waals surface area contributed by atoms with Crippen LogP contribution in [-0.2, 0) is 28.6 Å². The Morgan fingerprint density at radius 3 is 0.782 bits per heavy atom. The van der Waals surface area contributed by atoms with Gasteiger partial charge in [0.25, 0.3) is 0 Å². The molecule has 0 rings (SSSR count). The molecule has 0 aromatic heterocycles. The highest BCUT2D eigenvalue weighted by Crippen LogP contribution is 2.17. The van der Waals surface area contributed by atoms with Crippen molar-refractivity contribution in [2.75, 3.05) is 13.2 Å². The topological polar surface area (TPSA) is 78.9 Å². The third kappa shape index (κ3) is 63.2. The number of carbonyl (C=O) groups excluding carboxylic acids is 3. The number of allylic oxidation sites excluding steroid dienone is 16. The smallest absolute Gasteiger partial charge is 0.306 e. The minimum absolute atomic E-state index is 0.0807. The fraction of sp³-hybridized carbons (Fsp3) is 0.736. The van der Waals surface area contributed by atoms with Gasteiger partial charge in [-0.2, -0.15) is 0 Å². The van der Waals surface area contributed by atoms with Gasteiger partial charge in [-0.3, -0.25) is 14.4 Å². The van der Waals surface area contributed by atoms with Crippen LogP contribution in [0.15, 0.2) is 97.2 Å². The van der Waals surface area contributed by atoms with Gasteiger partial charge in [-0.05, 0) is 96.3 Å². The van der Waals surface area contributed by atoms with Crippen molar-refractivity contribution in [3.05, 3.63) is 97.2 Å². The van der Waals surface area contributed by atoms with Crippen LogP contribution in [0.25, 0.3) is 0 Å². The van der Waals surface area contributed by atoms with Gasteiger partial charge >= 0.3 is 17.9 Å². The van der Waals surface area contributed by atoms with E-state index in [0.29, 0.717) is 19.3 Å². The van der Waals surface area contributed by atoms with Gasteiger partial charge in [-0.1, -0.05) is 304 Å². The summed E-state index contributed by atoms with van der Waals surface area (Å²) in [6.45, 7) is 6.44. The fourth-order valence-electron chi connectivity index (χ4n) is 9.43. The number of hydrogen-bond donors (Lipinski definition) is 0. The van der Waals surface area contributed by atoms with Crippen LogP contribution >= 0.6 is 0 Å². The highest BCUT2D eigenvalue weighted by atomic mass is 16.6. The van der Waals surface area contributed by atoms with Gasteiger partial charge < -0.3 is 14.2 Å². The molecule has 0 heterocycles. The Labute approximate surface area is 483 Å². The first-order valence-electron chi connectivity index (χ1n) is 33.2. The quantitative estimate of drug-likeness (QED) is 0.0261. The van der Waals surface area contributed by atoms with Crippen molar-refractivity contribution in [1.29, 1.82) is 0 Å². The van der Waals surface area contributed by atoms with Crippen LogP contribution in [0.4, 0.5) is 0 Å². The summed E-state index contributed by atoms with van der Waals surface area (Å²) in [6.07, 6.45) is 88.4.